The van der Waals surface area contributed by atoms with Gasteiger partial charge in [0.15, 0.2) is 0 Å². The van der Waals surface area contributed by atoms with Crippen LogP contribution in [-0.2, 0) is 6.54 Å². The van der Waals surface area contributed by atoms with Gasteiger partial charge in [-0.25, -0.2) is 4.68 Å². The minimum atomic E-state index is 0.474. The van der Waals surface area contributed by atoms with E-state index in [0.29, 0.717) is 38.3 Å². The summed E-state index contributed by atoms with van der Waals surface area (Å²) >= 11 is 17.6. The molecule has 9 heteroatoms. The molecule has 0 aliphatic heterocycles. The van der Waals surface area contributed by atoms with Crippen LogP contribution in [0.4, 0.5) is 0 Å². The van der Waals surface area contributed by atoms with Gasteiger partial charge < -0.3 is 0 Å². The second-order valence-corrected chi connectivity index (χ2v) is 5.46. The van der Waals surface area contributed by atoms with Gasteiger partial charge in [-0.2, -0.15) is 4.80 Å². The molecule has 0 atom stereocenters. The second-order valence-electron chi connectivity index (χ2n) is 4.22. The van der Waals surface area contributed by atoms with E-state index in [1.54, 1.807) is 29.1 Å². The van der Waals surface area contributed by atoms with E-state index >= 15 is 0 Å². The molecule has 0 fully saturated rings. The van der Waals surface area contributed by atoms with Crippen molar-refractivity contribution in [2.45, 2.75) is 13.5 Å². The summed E-state index contributed by atoms with van der Waals surface area (Å²) in [4.78, 5) is 1.50. The summed E-state index contributed by atoms with van der Waals surface area (Å²) in [6, 6.07) is 5.19. The average Bonchev–Trinajstić information content (AvgIpc) is 3.06. The van der Waals surface area contributed by atoms with Gasteiger partial charge in [0, 0.05) is 11.2 Å². The lowest BCUT2D eigenvalue weighted by molar-refractivity contribution is 0.553. The summed E-state index contributed by atoms with van der Waals surface area (Å²) in [5.41, 5.74) is 1.40. The molecule has 0 bridgehead atoms. The topological polar surface area (TPSA) is 64.3 Å². The fraction of sp³-hybridized carbons (Fsp3) is 0.167. The van der Waals surface area contributed by atoms with Gasteiger partial charge in [-0.3, -0.25) is 5.10 Å². The maximum Gasteiger partial charge on any atom is 0.209 e. The molecule has 108 valence electrons. The molecule has 1 aromatic carbocycles. The third kappa shape index (κ3) is 2.59. The van der Waals surface area contributed by atoms with Crippen molar-refractivity contribution in [2.24, 2.45) is 0 Å². The fourth-order valence-electron chi connectivity index (χ4n) is 1.86. The lowest BCUT2D eigenvalue weighted by Gasteiger charge is -2.05. The van der Waals surface area contributed by atoms with Gasteiger partial charge in [0.25, 0.3) is 0 Å². The molecule has 2 aromatic heterocycles. The number of aromatic nitrogens is 6. The van der Waals surface area contributed by atoms with Crippen molar-refractivity contribution < 1.29 is 0 Å². The van der Waals surface area contributed by atoms with E-state index in [1.165, 1.54) is 4.80 Å². The van der Waals surface area contributed by atoms with Crippen LogP contribution >= 0.6 is 35.4 Å². The molecule has 1 N–H and O–H groups in total. The van der Waals surface area contributed by atoms with Gasteiger partial charge in [-0.1, -0.05) is 35.4 Å². The molecule has 0 spiro atoms. The van der Waals surface area contributed by atoms with Crippen LogP contribution in [0.25, 0.3) is 17.1 Å². The highest BCUT2D eigenvalue weighted by Gasteiger charge is 2.13. The number of H-pyrrole nitrogens is 1. The Hall–Kier alpha value is -1.70. The normalized spacial score (nSPS) is 11.0. The van der Waals surface area contributed by atoms with Crippen molar-refractivity contribution in [3.8, 4) is 17.1 Å². The summed E-state index contributed by atoms with van der Waals surface area (Å²) in [6.45, 7) is 2.58. The Balaban J connectivity index is 2.09. The molecule has 0 aliphatic rings. The zero-order valence-corrected chi connectivity index (χ0v) is 13.2. The van der Waals surface area contributed by atoms with E-state index in [1.807, 2.05) is 6.92 Å². The number of hydrogen-bond donors (Lipinski definition) is 1. The van der Waals surface area contributed by atoms with Crippen molar-refractivity contribution in [1.82, 2.24) is 30.0 Å². The van der Waals surface area contributed by atoms with E-state index in [4.69, 9.17) is 35.4 Å². The van der Waals surface area contributed by atoms with Crippen LogP contribution in [0.5, 0.6) is 0 Å². The first kappa shape index (κ1) is 14.2. The quantitative estimate of drug-likeness (QED) is 0.741. The highest BCUT2D eigenvalue weighted by Crippen LogP contribution is 2.26. The highest BCUT2D eigenvalue weighted by molar-refractivity contribution is 7.71. The van der Waals surface area contributed by atoms with Crippen molar-refractivity contribution in [3.63, 3.8) is 0 Å². The van der Waals surface area contributed by atoms with Crippen LogP contribution in [0.3, 0.4) is 0 Å². The number of benzene rings is 1. The van der Waals surface area contributed by atoms with Crippen LogP contribution in [0.2, 0.25) is 10.0 Å². The van der Waals surface area contributed by atoms with Crippen LogP contribution in [0.1, 0.15) is 6.92 Å². The van der Waals surface area contributed by atoms with Crippen molar-refractivity contribution in [3.05, 3.63) is 39.1 Å². The van der Waals surface area contributed by atoms with E-state index in [9.17, 15) is 0 Å². The van der Waals surface area contributed by atoms with Gasteiger partial charge in [0.05, 0.1) is 22.8 Å². The Morgan fingerprint density at radius 1 is 1.33 bits per heavy atom. The Kier molecular flexibility index (Phi) is 3.79. The number of hydrogen-bond acceptors (Lipinski definition) is 4. The molecular formula is C12H10Cl2N6S. The molecule has 2 heterocycles. The van der Waals surface area contributed by atoms with E-state index in [2.05, 4.69) is 20.5 Å². The Labute approximate surface area is 135 Å². The minimum absolute atomic E-state index is 0.474. The number of halogens is 2. The number of tetrazole rings is 1. The van der Waals surface area contributed by atoms with Crippen molar-refractivity contribution in [1.29, 1.82) is 0 Å². The first-order valence-electron chi connectivity index (χ1n) is 6.14. The zero-order valence-electron chi connectivity index (χ0n) is 10.9. The molecule has 0 amide bonds. The van der Waals surface area contributed by atoms with Crippen LogP contribution in [0.15, 0.2) is 24.4 Å². The number of aromatic amines is 1. The second kappa shape index (κ2) is 5.59. The maximum absolute atomic E-state index is 6.20. The average molecular weight is 341 g/mol. The third-order valence-electron chi connectivity index (χ3n) is 2.90. The molecule has 3 aromatic rings. The lowest BCUT2D eigenvalue weighted by atomic mass is 10.3. The first-order chi connectivity index (χ1) is 10.1. The molecule has 0 aliphatic carbocycles. The standard InChI is InChI=1S/C12H10Cl2N6S/c1-2-19-17-11(16-18-19)8-6-15-20(12(8)21)10-4-3-7(13)5-9(10)14/h3-6,15H,2H2,1H3. The van der Waals surface area contributed by atoms with Gasteiger partial charge in [0.1, 0.15) is 4.64 Å². The van der Waals surface area contributed by atoms with Gasteiger partial charge in [-0.15, -0.1) is 10.2 Å². The molecule has 0 saturated heterocycles. The summed E-state index contributed by atoms with van der Waals surface area (Å²) in [6.07, 6.45) is 1.73. The Morgan fingerprint density at radius 2 is 2.14 bits per heavy atom. The lowest BCUT2D eigenvalue weighted by Crippen LogP contribution is -1.98. The van der Waals surface area contributed by atoms with Crippen molar-refractivity contribution in [2.75, 3.05) is 0 Å². The Morgan fingerprint density at radius 3 is 2.81 bits per heavy atom. The van der Waals surface area contributed by atoms with Crippen LogP contribution < -0.4 is 0 Å². The molecule has 0 radical (unpaired) electrons. The zero-order chi connectivity index (χ0) is 15.0. The van der Waals surface area contributed by atoms with Crippen LogP contribution in [-0.4, -0.2) is 30.0 Å². The molecule has 3 rings (SSSR count). The summed E-state index contributed by atoms with van der Waals surface area (Å²) in [5, 5.41) is 16.3. The van der Waals surface area contributed by atoms with Crippen LogP contribution in [0, 0.1) is 4.64 Å². The summed E-state index contributed by atoms with van der Waals surface area (Å²) in [7, 11) is 0. The summed E-state index contributed by atoms with van der Waals surface area (Å²) in [5.74, 6) is 0.474. The predicted octanol–water partition coefficient (Wildman–Crippen LogP) is 3.52. The highest BCUT2D eigenvalue weighted by atomic mass is 35.5. The largest absolute Gasteiger partial charge is 0.299 e. The predicted molar refractivity (Wildman–Crippen MR) is 83.5 cm³/mol. The van der Waals surface area contributed by atoms with E-state index in [0.717, 1.165) is 0 Å². The summed E-state index contributed by atoms with van der Waals surface area (Å²) < 4.78 is 2.20. The fourth-order valence-corrected chi connectivity index (χ4v) is 2.65. The SMILES string of the molecule is CCn1nnc(-c2c[nH]n(-c3ccc(Cl)cc3Cl)c2=S)n1. The monoisotopic (exact) mass is 340 g/mol. The maximum atomic E-state index is 6.20. The Bertz CT molecular complexity index is 850. The molecule has 0 saturated carbocycles. The van der Waals surface area contributed by atoms with E-state index in [-0.39, 0.29) is 0 Å². The smallest absolute Gasteiger partial charge is 0.209 e. The molecular weight excluding hydrogens is 331 g/mol. The number of rotatable bonds is 3. The van der Waals surface area contributed by atoms with Gasteiger partial charge in [0.2, 0.25) is 5.82 Å². The van der Waals surface area contributed by atoms with Gasteiger partial charge in [-0.05, 0) is 30.3 Å². The minimum Gasteiger partial charge on any atom is -0.299 e. The van der Waals surface area contributed by atoms with Gasteiger partial charge >= 0.3 is 0 Å². The molecule has 0 unspecified atom stereocenters. The third-order valence-corrected chi connectivity index (χ3v) is 3.84. The van der Waals surface area contributed by atoms with E-state index < -0.39 is 0 Å². The molecule has 6 nitrogen and oxygen atoms in total. The number of aryl methyl sites for hydroxylation is 1. The first-order valence-corrected chi connectivity index (χ1v) is 7.30. The van der Waals surface area contributed by atoms with Crippen molar-refractivity contribution >= 4 is 35.4 Å². The molecule has 21 heavy (non-hydrogen) atoms. The number of nitrogens with zero attached hydrogens (tertiary/aromatic N) is 5. The number of nitrogens with one attached hydrogen (secondary N) is 1.